The maximum atomic E-state index is 10.8. The van der Waals surface area contributed by atoms with E-state index in [1.165, 1.54) is 45.3 Å². The van der Waals surface area contributed by atoms with Crippen LogP contribution >= 0.6 is 0 Å². The zero-order chi connectivity index (χ0) is 13.7. The first-order valence-electron chi connectivity index (χ1n) is 6.77. The molecule has 1 aromatic carbocycles. The van der Waals surface area contributed by atoms with Crippen LogP contribution in [0.15, 0.2) is 18.2 Å². The number of hydrogen-bond donors (Lipinski definition) is 1. The monoisotopic (exact) mass is 264 g/mol. The minimum Gasteiger partial charge on any atom is -0.490 e. The molecule has 5 heteroatoms. The molecular formula is C14H20N2O3. The molecule has 0 amide bonds. The van der Waals surface area contributed by atoms with E-state index >= 15 is 0 Å². The SMILES string of the molecule is COc1cc(NCC2CCCCC2)ccc1[N+](=O)[O-]. The van der Waals surface area contributed by atoms with Crippen molar-refractivity contribution < 1.29 is 9.66 Å². The number of hydrogen-bond acceptors (Lipinski definition) is 4. The van der Waals surface area contributed by atoms with E-state index in [9.17, 15) is 10.1 Å². The molecule has 19 heavy (non-hydrogen) atoms. The summed E-state index contributed by atoms with van der Waals surface area (Å²) in [6, 6.07) is 4.92. The van der Waals surface area contributed by atoms with Crippen LogP contribution in [0.2, 0.25) is 0 Å². The fourth-order valence-corrected chi connectivity index (χ4v) is 2.59. The van der Waals surface area contributed by atoms with E-state index in [-0.39, 0.29) is 5.69 Å². The van der Waals surface area contributed by atoms with Crippen LogP contribution in [0.5, 0.6) is 5.75 Å². The van der Waals surface area contributed by atoms with E-state index in [0.29, 0.717) is 5.75 Å². The van der Waals surface area contributed by atoms with Crippen LogP contribution in [-0.2, 0) is 0 Å². The molecule has 1 aromatic rings. The highest BCUT2D eigenvalue weighted by molar-refractivity contribution is 5.57. The Balaban J connectivity index is 1.98. The third-order valence-corrected chi connectivity index (χ3v) is 3.70. The Morgan fingerprint density at radius 3 is 2.74 bits per heavy atom. The highest BCUT2D eigenvalue weighted by Gasteiger charge is 2.16. The Bertz CT molecular complexity index is 442. The smallest absolute Gasteiger partial charge is 0.311 e. The van der Waals surface area contributed by atoms with Gasteiger partial charge in [0.25, 0.3) is 0 Å². The molecule has 0 aromatic heterocycles. The average molecular weight is 264 g/mol. The Morgan fingerprint density at radius 2 is 2.11 bits per heavy atom. The molecule has 1 N–H and O–H groups in total. The lowest BCUT2D eigenvalue weighted by molar-refractivity contribution is -0.385. The van der Waals surface area contributed by atoms with Gasteiger partial charge < -0.3 is 10.1 Å². The quantitative estimate of drug-likeness (QED) is 0.652. The highest BCUT2D eigenvalue weighted by Crippen LogP contribution is 2.30. The summed E-state index contributed by atoms with van der Waals surface area (Å²) in [6.45, 7) is 0.932. The molecular weight excluding hydrogens is 244 g/mol. The summed E-state index contributed by atoms with van der Waals surface area (Å²) in [5, 5.41) is 14.2. The molecule has 0 bridgehead atoms. The predicted molar refractivity (Wildman–Crippen MR) is 74.7 cm³/mol. The number of ether oxygens (including phenoxy) is 1. The van der Waals surface area contributed by atoms with Gasteiger partial charge in [-0.15, -0.1) is 0 Å². The Labute approximate surface area is 113 Å². The number of nitrogens with one attached hydrogen (secondary N) is 1. The molecule has 1 saturated carbocycles. The van der Waals surface area contributed by atoms with Gasteiger partial charge in [-0.05, 0) is 24.8 Å². The fraction of sp³-hybridized carbons (Fsp3) is 0.571. The second kappa shape index (κ2) is 6.41. The van der Waals surface area contributed by atoms with Gasteiger partial charge >= 0.3 is 5.69 Å². The van der Waals surface area contributed by atoms with Crippen molar-refractivity contribution in [3.05, 3.63) is 28.3 Å². The van der Waals surface area contributed by atoms with Gasteiger partial charge in [-0.1, -0.05) is 19.3 Å². The second-order valence-corrected chi connectivity index (χ2v) is 5.03. The first-order valence-corrected chi connectivity index (χ1v) is 6.77. The molecule has 0 saturated heterocycles. The van der Waals surface area contributed by atoms with Crippen LogP contribution in [0.1, 0.15) is 32.1 Å². The summed E-state index contributed by atoms with van der Waals surface area (Å²) in [4.78, 5) is 10.4. The standard InChI is InChI=1S/C14H20N2O3/c1-19-14-9-12(7-8-13(14)16(17)18)15-10-11-5-3-2-4-6-11/h7-9,11,15H,2-6,10H2,1H3. The molecule has 1 fully saturated rings. The van der Waals surface area contributed by atoms with Crippen LogP contribution in [0, 0.1) is 16.0 Å². The van der Waals surface area contributed by atoms with Crippen molar-refractivity contribution in [1.82, 2.24) is 0 Å². The summed E-state index contributed by atoms with van der Waals surface area (Å²) in [7, 11) is 1.45. The molecule has 2 rings (SSSR count). The van der Waals surface area contributed by atoms with Gasteiger partial charge in [-0.2, -0.15) is 0 Å². The van der Waals surface area contributed by atoms with Gasteiger partial charge in [0, 0.05) is 24.4 Å². The van der Waals surface area contributed by atoms with Crippen LogP contribution in [0.25, 0.3) is 0 Å². The zero-order valence-corrected chi connectivity index (χ0v) is 11.2. The van der Waals surface area contributed by atoms with E-state index in [4.69, 9.17) is 4.74 Å². The van der Waals surface area contributed by atoms with Crippen molar-refractivity contribution in [3.8, 4) is 5.75 Å². The lowest BCUT2D eigenvalue weighted by atomic mass is 9.89. The van der Waals surface area contributed by atoms with Crippen molar-refractivity contribution >= 4 is 11.4 Å². The molecule has 1 aliphatic rings. The van der Waals surface area contributed by atoms with E-state index in [2.05, 4.69) is 5.32 Å². The van der Waals surface area contributed by atoms with Crippen LogP contribution in [-0.4, -0.2) is 18.6 Å². The molecule has 0 spiro atoms. The molecule has 0 aliphatic heterocycles. The van der Waals surface area contributed by atoms with E-state index in [0.717, 1.165) is 18.2 Å². The maximum absolute atomic E-state index is 10.8. The van der Waals surface area contributed by atoms with Gasteiger partial charge in [-0.25, -0.2) is 0 Å². The highest BCUT2D eigenvalue weighted by atomic mass is 16.6. The summed E-state index contributed by atoms with van der Waals surface area (Å²) >= 11 is 0. The number of nitrogens with zero attached hydrogens (tertiary/aromatic N) is 1. The van der Waals surface area contributed by atoms with Crippen LogP contribution < -0.4 is 10.1 Å². The third-order valence-electron chi connectivity index (χ3n) is 3.70. The van der Waals surface area contributed by atoms with Crippen LogP contribution in [0.3, 0.4) is 0 Å². The molecule has 104 valence electrons. The number of methoxy groups -OCH3 is 1. The van der Waals surface area contributed by atoms with Gasteiger partial charge in [0.2, 0.25) is 0 Å². The van der Waals surface area contributed by atoms with Crippen molar-refractivity contribution in [2.24, 2.45) is 5.92 Å². The molecule has 5 nitrogen and oxygen atoms in total. The molecule has 0 heterocycles. The fourth-order valence-electron chi connectivity index (χ4n) is 2.59. The Kier molecular flexibility index (Phi) is 4.60. The van der Waals surface area contributed by atoms with E-state index < -0.39 is 4.92 Å². The Morgan fingerprint density at radius 1 is 1.37 bits per heavy atom. The zero-order valence-electron chi connectivity index (χ0n) is 11.2. The van der Waals surface area contributed by atoms with Crippen molar-refractivity contribution in [2.75, 3.05) is 19.0 Å². The largest absolute Gasteiger partial charge is 0.490 e. The maximum Gasteiger partial charge on any atom is 0.311 e. The normalized spacial score (nSPS) is 16.1. The van der Waals surface area contributed by atoms with Gasteiger partial charge in [-0.3, -0.25) is 10.1 Å². The number of benzene rings is 1. The lowest BCUT2D eigenvalue weighted by Crippen LogP contribution is -2.17. The summed E-state index contributed by atoms with van der Waals surface area (Å²) in [6.07, 6.45) is 6.53. The molecule has 0 atom stereocenters. The Hall–Kier alpha value is -1.78. The van der Waals surface area contributed by atoms with Gasteiger partial charge in [0.15, 0.2) is 5.75 Å². The van der Waals surface area contributed by atoms with Crippen molar-refractivity contribution in [1.29, 1.82) is 0 Å². The first-order chi connectivity index (χ1) is 9.20. The summed E-state index contributed by atoms with van der Waals surface area (Å²) in [5.74, 6) is 1.02. The van der Waals surface area contributed by atoms with Gasteiger partial charge in [0.05, 0.1) is 12.0 Å². The number of anilines is 1. The predicted octanol–water partition coefficient (Wildman–Crippen LogP) is 3.60. The number of nitro benzene ring substituents is 1. The van der Waals surface area contributed by atoms with E-state index in [1.54, 1.807) is 12.1 Å². The van der Waals surface area contributed by atoms with Gasteiger partial charge in [0.1, 0.15) is 0 Å². The van der Waals surface area contributed by atoms with Crippen LogP contribution in [0.4, 0.5) is 11.4 Å². The lowest BCUT2D eigenvalue weighted by Gasteiger charge is -2.22. The minimum atomic E-state index is -0.427. The summed E-state index contributed by atoms with van der Waals surface area (Å²) in [5.41, 5.74) is 0.888. The van der Waals surface area contributed by atoms with Crippen molar-refractivity contribution in [3.63, 3.8) is 0 Å². The number of nitro groups is 1. The number of rotatable bonds is 5. The topological polar surface area (TPSA) is 64.4 Å². The average Bonchev–Trinajstić information content (AvgIpc) is 2.45. The molecule has 0 radical (unpaired) electrons. The summed E-state index contributed by atoms with van der Waals surface area (Å²) < 4.78 is 5.06. The molecule has 0 unspecified atom stereocenters. The third kappa shape index (κ3) is 3.59. The van der Waals surface area contributed by atoms with Crippen molar-refractivity contribution in [2.45, 2.75) is 32.1 Å². The van der Waals surface area contributed by atoms with E-state index in [1.807, 2.05) is 0 Å². The minimum absolute atomic E-state index is 0.00529. The first kappa shape index (κ1) is 13.6. The second-order valence-electron chi connectivity index (χ2n) is 5.03. The molecule has 1 aliphatic carbocycles.